The first kappa shape index (κ1) is 18.9. The Hall–Kier alpha value is -3.06. The molecule has 2 aromatic heterocycles. The third kappa shape index (κ3) is 2.92. The van der Waals surface area contributed by atoms with Crippen LogP contribution < -0.4 is 19.7 Å². The minimum Gasteiger partial charge on any atom is -0.454 e. The second-order valence-electron chi connectivity index (χ2n) is 7.60. The molecule has 2 aliphatic heterocycles. The van der Waals surface area contributed by atoms with E-state index in [9.17, 15) is 0 Å². The molecule has 1 aromatic carbocycles. The number of hydrogen-bond donors (Lipinski definition) is 1. The van der Waals surface area contributed by atoms with E-state index in [1.807, 2.05) is 36.5 Å². The van der Waals surface area contributed by atoms with Crippen molar-refractivity contribution in [2.45, 2.75) is 39.4 Å². The minimum atomic E-state index is -0.0603. The highest BCUT2D eigenvalue weighted by Gasteiger charge is 2.42. The average Bonchev–Trinajstić information content (AvgIpc) is 3.43. The molecule has 0 aliphatic carbocycles. The van der Waals surface area contributed by atoms with Crippen molar-refractivity contribution in [3.8, 4) is 11.5 Å². The molecule has 3 aromatic rings. The number of ether oxygens (including phenoxy) is 2. The zero-order valence-corrected chi connectivity index (χ0v) is 18.1. The Labute approximate surface area is 181 Å². The van der Waals surface area contributed by atoms with Crippen LogP contribution in [0, 0.1) is 13.8 Å². The molecule has 30 heavy (non-hydrogen) atoms. The Morgan fingerprint density at radius 3 is 2.70 bits per heavy atom. The van der Waals surface area contributed by atoms with Gasteiger partial charge in [-0.2, -0.15) is 0 Å². The highest BCUT2D eigenvalue weighted by atomic mass is 32.1. The third-order valence-electron chi connectivity index (χ3n) is 5.98. The molecule has 4 heterocycles. The number of rotatable bonds is 4. The maximum Gasteiger partial charge on any atom is 0.231 e. The molecule has 0 spiro atoms. The first-order valence-corrected chi connectivity index (χ1v) is 10.6. The summed E-state index contributed by atoms with van der Waals surface area (Å²) in [6.07, 6.45) is 1.83. The lowest BCUT2D eigenvalue weighted by atomic mass is 9.96. The van der Waals surface area contributed by atoms with Crippen LogP contribution in [0.1, 0.15) is 41.7 Å². The van der Waals surface area contributed by atoms with Gasteiger partial charge in [-0.15, -0.1) is 0 Å². The minimum absolute atomic E-state index is 0.0285. The molecule has 0 radical (unpaired) electrons. The zero-order chi connectivity index (χ0) is 20.8. The van der Waals surface area contributed by atoms with Gasteiger partial charge in [0.2, 0.25) is 6.79 Å². The summed E-state index contributed by atoms with van der Waals surface area (Å²) in [6.45, 7) is 7.69. The van der Waals surface area contributed by atoms with E-state index in [1.165, 1.54) is 17.0 Å². The number of thiocarbonyl (C=S) groups is 1. The molecule has 2 aliphatic rings. The van der Waals surface area contributed by atoms with E-state index < -0.39 is 0 Å². The SMILES string of the molecule is CCn1c(C)cc(C2C(c3ccccn3)NC(=S)N2c2ccc3c(c2)OCO3)c1C. The Kier molecular flexibility index (Phi) is 4.62. The number of aromatic nitrogens is 2. The number of nitrogens with one attached hydrogen (secondary N) is 1. The number of pyridine rings is 1. The normalized spacial score (nSPS) is 20.0. The first-order chi connectivity index (χ1) is 14.6. The summed E-state index contributed by atoms with van der Waals surface area (Å²) in [7, 11) is 0. The second-order valence-corrected chi connectivity index (χ2v) is 7.99. The van der Waals surface area contributed by atoms with E-state index in [1.54, 1.807) is 0 Å². The molecule has 1 N–H and O–H groups in total. The fraction of sp³-hybridized carbons (Fsp3) is 0.304. The van der Waals surface area contributed by atoms with Crippen LogP contribution in [-0.4, -0.2) is 21.5 Å². The molecule has 1 fully saturated rings. The van der Waals surface area contributed by atoms with Crippen molar-refractivity contribution < 1.29 is 9.47 Å². The largest absolute Gasteiger partial charge is 0.454 e. The molecule has 0 bridgehead atoms. The van der Waals surface area contributed by atoms with Crippen LogP contribution in [0.5, 0.6) is 11.5 Å². The number of benzene rings is 1. The molecule has 6 nitrogen and oxygen atoms in total. The first-order valence-electron chi connectivity index (χ1n) is 10.2. The third-order valence-corrected chi connectivity index (χ3v) is 6.29. The van der Waals surface area contributed by atoms with Crippen LogP contribution in [-0.2, 0) is 6.54 Å². The fourth-order valence-corrected chi connectivity index (χ4v) is 4.94. The molecule has 154 valence electrons. The van der Waals surface area contributed by atoms with E-state index >= 15 is 0 Å². The Morgan fingerprint density at radius 2 is 1.97 bits per heavy atom. The molecule has 7 heteroatoms. The van der Waals surface area contributed by atoms with Crippen molar-refractivity contribution in [2.75, 3.05) is 11.7 Å². The second kappa shape index (κ2) is 7.32. The molecule has 1 saturated heterocycles. The molecular weight excluding hydrogens is 396 g/mol. The number of fused-ring (bicyclic) bond motifs is 1. The maximum absolute atomic E-state index is 5.82. The highest BCUT2D eigenvalue weighted by molar-refractivity contribution is 7.80. The molecule has 0 amide bonds. The monoisotopic (exact) mass is 420 g/mol. The van der Waals surface area contributed by atoms with Gasteiger partial charge in [-0.1, -0.05) is 6.07 Å². The predicted octanol–water partition coefficient (Wildman–Crippen LogP) is 4.43. The lowest BCUT2D eigenvalue weighted by Gasteiger charge is -2.28. The molecule has 2 unspecified atom stereocenters. The number of hydrogen-bond acceptors (Lipinski definition) is 4. The van der Waals surface area contributed by atoms with E-state index in [2.05, 4.69) is 52.7 Å². The van der Waals surface area contributed by atoms with Gasteiger partial charge in [0, 0.05) is 35.9 Å². The van der Waals surface area contributed by atoms with Gasteiger partial charge in [0.25, 0.3) is 0 Å². The summed E-state index contributed by atoms with van der Waals surface area (Å²) in [5.74, 6) is 1.51. The summed E-state index contributed by atoms with van der Waals surface area (Å²) in [5, 5.41) is 4.20. The summed E-state index contributed by atoms with van der Waals surface area (Å²) in [4.78, 5) is 6.81. The van der Waals surface area contributed by atoms with E-state index in [4.69, 9.17) is 21.7 Å². The van der Waals surface area contributed by atoms with Crippen LogP contribution >= 0.6 is 12.2 Å². The van der Waals surface area contributed by atoms with Crippen molar-refractivity contribution in [1.82, 2.24) is 14.9 Å². The van der Waals surface area contributed by atoms with Gasteiger partial charge < -0.3 is 24.3 Å². The van der Waals surface area contributed by atoms with Gasteiger partial charge in [0.15, 0.2) is 16.6 Å². The van der Waals surface area contributed by atoms with Crippen molar-refractivity contribution in [1.29, 1.82) is 0 Å². The summed E-state index contributed by atoms with van der Waals surface area (Å²) in [6, 6.07) is 14.2. The number of anilines is 1. The Morgan fingerprint density at radius 1 is 1.13 bits per heavy atom. The quantitative estimate of drug-likeness (QED) is 0.631. The van der Waals surface area contributed by atoms with E-state index in [0.717, 1.165) is 29.4 Å². The molecule has 5 rings (SSSR count). The smallest absolute Gasteiger partial charge is 0.231 e. The highest BCUT2D eigenvalue weighted by Crippen LogP contribution is 2.45. The zero-order valence-electron chi connectivity index (χ0n) is 17.3. The van der Waals surface area contributed by atoms with Crippen molar-refractivity contribution in [2.24, 2.45) is 0 Å². The number of nitrogens with zero attached hydrogens (tertiary/aromatic N) is 3. The van der Waals surface area contributed by atoms with Gasteiger partial charge in [-0.05, 0) is 68.9 Å². The fourth-order valence-electron chi connectivity index (χ4n) is 4.60. The summed E-state index contributed by atoms with van der Waals surface area (Å²) in [5.41, 5.74) is 5.68. The van der Waals surface area contributed by atoms with Gasteiger partial charge in [-0.25, -0.2) is 0 Å². The van der Waals surface area contributed by atoms with Crippen LogP contribution in [0.25, 0.3) is 0 Å². The van der Waals surface area contributed by atoms with Crippen LogP contribution in [0.3, 0.4) is 0 Å². The van der Waals surface area contributed by atoms with Gasteiger partial charge in [-0.3, -0.25) is 4.98 Å². The Balaban J connectivity index is 1.66. The summed E-state index contributed by atoms with van der Waals surface area (Å²) < 4.78 is 13.5. The summed E-state index contributed by atoms with van der Waals surface area (Å²) >= 11 is 5.82. The lowest BCUT2D eigenvalue weighted by molar-refractivity contribution is 0.174. The topological polar surface area (TPSA) is 51.6 Å². The maximum atomic E-state index is 5.82. The van der Waals surface area contributed by atoms with Crippen LogP contribution in [0.15, 0.2) is 48.7 Å². The van der Waals surface area contributed by atoms with Gasteiger partial charge >= 0.3 is 0 Å². The molecular formula is C23H24N4O2S. The predicted molar refractivity (Wildman–Crippen MR) is 120 cm³/mol. The van der Waals surface area contributed by atoms with E-state index in [0.29, 0.717) is 5.11 Å². The van der Waals surface area contributed by atoms with Crippen molar-refractivity contribution in [3.63, 3.8) is 0 Å². The van der Waals surface area contributed by atoms with Gasteiger partial charge in [0.1, 0.15) is 0 Å². The van der Waals surface area contributed by atoms with E-state index in [-0.39, 0.29) is 18.9 Å². The van der Waals surface area contributed by atoms with Gasteiger partial charge in [0.05, 0.1) is 17.8 Å². The van der Waals surface area contributed by atoms with Crippen molar-refractivity contribution in [3.05, 3.63) is 71.3 Å². The van der Waals surface area contributed by atoms with Crippen molar-refractivity contribution >= 4 is 23.0 Å². The molecule has 2 atom stereocenters. The van der Waals surface area contributed by atoms with Crippen LogP contribution in [0.2, 0.25) is 0 Å². The molecule has 0 saturated carbocycles. The Bertz CT molecular complexity index is 1110. The van der Waals surface area contributed by atoms with Crippen LogP contribution in [0.4, 0.5) is 5.69 Å². The lowest BCUT2D eigenvalue weighted by Crippen LogP contribution is -2.29. The number of aryl methyl sites for hydroxylation is 1. The standard InChI is InChI=1S/C23H24N4O2S/c1-4-26-14(2)11-17(15(26)3)22-21(18-7-5-6-10-24-18)25-23(30)27(22)16-8-9-19-20(12-16)29-13-28-19/h5-12,21-22H,4,13H2,1-3H3,(H,25,30). The average molecular weight is 421 g/mol.